The minimum absolute atomic E-state index is 0. The number of likely N-dealkylation sites (tertiary alicyclic amines) is 1. The fraction of sp³-hybridized carbons (Fsp3) is 0.769. The molecule has 1 N–H and O–H groups in total. The second-order valence-electron chi connectivity index (χ2n) is 5.17. The van der Waals surface area contributed by atoms with Gasteiger partial charge in [0.1, 0.15) is 0 Å². The monoisotopic (exact) mass is 325 g/mol. The van der Waals surface area contributed by atoms with Gasteiger partial charge in [-0.15, -0.1) is 36.2 Å². The molecule has 0 spiro atoms. The number of rotatable bonds is 4. The van der Waals surface area contributed by atoms with E-state index >= 15 is 0 Å². The molecular formula is C13H25Cl2N3S. The summed E-state index contributed by atoms with van der Waals surface area (Å²) in [6.45, 7) is 7.84. The maximum atomic E-state index is 4.70. The van der Waals surface area contributed by atoms with Gasteiger partial charge in [0.15, 0.2) is 0 Å². The van der Waals surface area contributed by atoms with Crippen LogP contribution in [0.1, 0.15) is 43.3 Å². The minimum Gasteiger partial charge on any atom is -0.317 e. The zero-order chi connectivity index (χ0) is 12.3. The molecule has 1 saturated heterocycles. The Bertz CT molecular complexity index is 349. The summed E-state index contributed by atoms with van der Waals surface area (Å²) in [6, 6.07) is 0.716. The molecule has 0 radical (unpaired) electrons. The van der Waals surface area contributed by atoms with Crippen molar-refractivity contribution in [3.8, 4) is 0 Å². The van der Waals surface area contributed by atoms with Crippen LogP contribution in [0.25, 0.3) is 0 Å². The number of hydrogen-bond donors (Lipinski definition) is 1. The maximum Gasteiger partial charge on any atom is 0.0954 e. The fourth-order valence-electron chi connectivity index (χ4n) is 2.27. The molecule has 2 rings (SSSR count). The van der Waals surface area contributed by atoms with E-state index < -0.39 is 0 Å². The van der Waals surface area contributed by atoms with Crippen molar-refractivity contribution in [2.75, 3.05) is 20.1 Å². The molecule has 112 valence electrons. The maximum absolute atomic E-state index is 4.70. The molecule has 1 fully saturated rings. The van der Waals surface area contributed by atoms with E-state index in [-0.39, 0.29) is 24.8 Å². The van der Waals surface area contributed by atoms with Crippen molar-refractivity contribution in [2.45, 2.75) is 45.2 Å². The highest BCUT2D eigenvalue weighted by Gasteiger charge is 2.18. The van der Waals surface area contributed by atoms with Crippen LogP contribution in [-0.2, 0) is 6.54 Å². The highest BCUT2D eigenvalue weighted by Crippen LogP contribution is 2.21. The standard InChI is InChI=1S/C13H23N3S.2ClH/c1-10(2)13-15-12(9-17-13)8-16-6-4-11(14-3)5-7-16;;/h9-11,14H,4-8H2,1-3H3;2*1H. The van der Waals surface area contributed by atoms with Gasteiger partial charge in [-0.1, -0.05) is 13.8 Å². The predicted molar refractivity (Wildman–Crippen MR) is 88.1 cm³/mol. The third kappa shape index (κ3) is 5.56. The van der Waals surface area contributed by atoms with E-state index in [9.17, 15) is 0 Å². The summed E-state index contributed by atoms with van der Waals surface area (Å²) < 4.78 is 0. The van der Waals surface area contributed by atoms with Crippen LogP contribution in [0.2, 0.25) is 0 Å². The average molecular weight is 326 g/mol. The van der Waals surface area contributed by atoms with Gasteiger partial charge in [-0.05, 0) is 19.9 Å². The Kier molecular flexibility index (Phi) is 9.20. The Morgan fingerprint density at radius 3 is 2.47 bits per heavy atom. The van der Waals surface area contributed by atoms with E-state index in [0.717, 1.165) is 6.54 Å². The highest BCUT2D eigenvalue weighted by atomic mass is 35.5. The van der Waals surface area contributed by atoms with E-state index in [2.05, 4.69) is 36.5 Å². The number of nitrogens with one attached hydrogen (secondary N) is 1. The quantitative estimate of drug-likeness (QED) is 0.920. The zero-order valence-corrected chi connectivity index (χ0v) is 14.3. The first-order valence-electron chi connectivity index (χ1n) is 6.53. The second-order valence-corrected chi connectivity index (χ2v) is 6.06. The van der Waals surface area contributed by atoms with E-state index in [1.54, 1.807) is 11.3 Å². The third-order valence-corrected chi connectivity index (χ3v) is 4.64. The van der Waals surface area contributed by atoms with Crippen molar-refractivity contribution in [1.29, 1.82) is 0 Å². The predicted octanol–water partition coefficient (Wildman–Crippen LogP) is 3.29. The molecule has 0 unspecified atom stereocenters. The summed E-state index contributed by atoms with van der Waals surface area (Å²) in [7, 11) is 2.07. The van der Waals surface area contributed by atoms with Crippen LogP contribution in [0.15, 0.2) is 5.38 Å². The summed E-state index contributed by atoms with van der Waals surface area (Å²) in [6.07, 6.45) is 2.52. The van der Waals surface area contributed by atoms with Crippen LogP contribution < -0.4 is 5.32 Å². The minimum atomic E-state index is 0. The van der Waals surface area contributed by atoms with Gasteiger partial charge < -0.3 is 5.32 Å². The van der Waals surface area contributed by atoms with Crippen LogP contribution in [0, 0.1) is 0 Å². The lowest BCUT2D eigenvalue weighted by Crippen LogP contribution is -2.40. The van der Waals surface area contributed by atoms with Crippen molar-refractivity contribution >= 4 is 36.2 Å². The average Bonchev–Trinajstić information content (AvgIpc) is 2.79. The van der Waals surface area contributed by atoms with Crippen molar-refractivity contribution < 1.29 is 0 Å². The first-order chi connectivity index (χ1) is 8.19. The molecule has 1 aliphatic rings. The topological polar surface area (TPSA) is 28.2 Å². The van der Waals surface area contributed by atoms with Crippen LogP contribution in [-0.4, -0.2) is 36.1 Å². The summed E-state index contributed by atoms with van der Waals surface area (Å²) >= 11 is 1.80. The molecule has 0 bridgehead atoms. The van der Waals surface area contributed by atoms with Gasteiger partial charge in [0, 0.05) is 37.0 Å². The van der Waals surface area contributed by atoms with Crippen molar-refractivity contribution in [2.24, 2.45) is 0 Å². The molecule has 0 aliphatic carbocycles. The number of aromatic nitrogens is 1. The van der Waals surface area contributed by atoms with Crippen molar-refractivity contribution in [3.05, 3.63) is 16.1 Å². The van der Waals surface area contributed by atoms with E-state index in [0.29, 0.717) is 12.0 Å². The van der Waals surface area contributed by atoms with E-state index in [1.807, 2.05) is 0 Å². The molecule has 19 heavy (non-hydrogen) atoms. The Morgan fingerprint density at radius 2 is 2.00 bits per heavy atom. The number of piperidine rings is 1. The molecule has 1 aromatic rings. The van der Waals surface area contributed by atoms with Gasteiger partial charge in [0.05, 0.1) is 10.7 Å². The Labute approximate surface area is 133 Å². The third-order valence-electron chi connectivity index (χ3n) is 3.44. The Hall–Kier alpha value is 0.130. The molecule has 0 amide bonds. The van der Waals surface area contributed by atoms with Gasteiger partial charge in [-0.25, -0.2) is 4.98 Å². The summed E-state index contributed by atoms with van der Waals surface area (Å²) in [5.74, 6) is 0.559. The summed E-state index contributed by atoms with van der Waals surface area (Å²) in [5, 5.41) is 6.86. The molecule has 2 heterocycles. The SMILES string of the molecule is CNC1CCN(Cc2csc(C(C)C)n2)CC1.Cl.Cl. The van der Waals surface area contributed by atoms with Crippen LogP contribution in [0.5, 0.6) is 0 Å². The Morgan fingerprint density at radius 1 is 1.37 bits per heavy atom. The van der Waals surface area contributed by atoms with Crippen LogP contribution in [0.4, 0.5) is 0 Å². The normalized spacial score (nSPS) is 17.1. The lowest BCUT2D eigenvalue weighted by atomic mass is 10.1. The first kappa shape index (κ1) is 19.1. The zero-order valence-electron chi connectivity index (χ0n) is 11.9. The van der Waals surface area contributed by atoms with Gasteiger partial charge >= 0.3 is 0 Å². The molecule has 3 nitrogen and oxygen atoms in total. The smallest absolute Gasteiger partial charge is 0.0954 e. The van der Waals surface area contributed by atoms with Crippen LogP contribution in [0.3, 0.4) is 0 Å². The molecule has 6 heteroatoms. The number of halogens is 2. The van der Waals surface area contributed by atoms with Gasteiger partial charge in [-0.3, -0.25) is 4.90 Å². The second kappa shape index (κ2) is 9.14. The van der Waals surface area contributed by atoms with E-state index in [4.69, 9.17) is 4.98 Å². The van der Waals surface area contributed by atoms with Crippen molar-refractivity contribution in [1.82, 2.24) is 15.2 Å². The molecular weight excluding hydrogens is 301 g/mol. The highest BCUT2D eigenvalue weighted by molar-refractivity contribution is 7.09. The van der Waals surface area contributed by atoms with Crippen molar-refractivity contribution in [3.63, 3.8) is 0 Å². The lowest BCUT2D eigenvalue weighted by Gasteiger charge is -2.31. The van der Waals surface area contributed by atoms with Gasteiger partial charge in [0.25, 0.3) is 0 Å². The van der Waals surface area contributed by atoms with E-state index in [1.165, 1.54) is 36.6 Å². The first-order valence-corrected chi connectivity index (χ1v) is 7.41. The molecule has 0 atom stereocenters. The lowest BCUT2D eigenvalue weighted by molar-refractivity contribution is 0.193. The largest absolute Gasteiger partial charge is 0.317 e. The molecule has 0 saturated carbocycles. The Balaban J connectivity index is 0.00000162. The summed E-state index contributed by atoms with van der Waals surface area (Å²) in [4.78, 5) is 7.23. The van der Waals surface area contributed by atoms with Gasteiger partial charge in [0.2, 0.25) is 0 Å². The number of nitrogens with zero attached hydrogens (tertiary/aromatic N) is 2. The summed E-state index contributed by atoms with van der Waals surface area (Å²) in [5.41, 5.74) is 1.25. The fourth-order valence-corrected chi connectivity index (χ4v) is 3.10. The number of thiazole rings is 1. The molecule has 1 aromatic heterocycles. The molecule has 1 aliphatic heterocycles. The van der Waals surface area contributed by atoms with Crippen LogP contribution >= 0.6 is 36.2 Å². The van der Waals surface area contributed by atoms with Gasteiger partial charge in [-0.2, -0.15) is 0 Å². The number of hydrogen-bond acceptors (Lipinski definition) is 4. The molecule has 0 aromatic carbocycles.